The van der Waals surface area contributed by atoms with Gasteiger partial charge in [-0.3, -0.25) is 0 Å². The van der Waals surface area contributed by atoms with Crippen molar-refractivity contribution in [2.75, 3.05) is 13.6 Å². The number of hydrogen-bond donors (Lipinski definition) is 1. The van der Waals surface area contributed by atoms with Crippen LogP contribution in [0.25, 0.3) is 11.0 Å². The maximum absolute atomic E-state index is 11.8. The molecule has 3 rings (SSSR count). The molecule has 0 atom stereocenters. The molecule has 1 heterocycles. The molecule has 4 nitrogen and oxygen atoms in total. The van der Waals surface area contributed by atoms with Crippen molar-refractivity contribution >= 4 is 22.6 Å². The molecule has 0 aliphatic heterocycles. The molecule has 0 bridgehead atoms. The molecule has 0 radical (unpaired) electrons. The van der Waals surface area contributed by atoms with Gasteiger partial charge < -0.3 is 14.5 Å². The van der Waals surface area contributed by atoms with Crippen molar-refractivity contribution in [3.63, 3.8) is 0 Å². The molecule has 0 saturated carbocycles. The Morgan fingerprint density at radius 3 is 2.83 bits per heavy atom. The van der Waals surface area contributed by atoms with Crippen LogP contribution in [0.15, 0.2) is 57.7 Å². The number of hydrogen-bond acceptors (Lipinski definition) is 4. The van der Waals surface area contributed by atoms with Gasteiger partial charge in [-0.2, -0.15) is 0 Å². The van der Waals surface area contributed by atoms with Gasteiger partial charge >= 0.3 is 5.63 Å². The fraction of sp³-hybridized carbons (Fsp3) is 0.211. The Morgan fingerprint density at radius 2 is 2.04 bits per heavy atom. The second kappa shape index (κ2) is 7.51. The van der Waals surface area contributed by atoms with Crippen LogP contribution in [0.1, 0.15) is 11.1 Å². The molecule has 5 heteroatoms. The third-order valence-electron chi connectivity index (χ3n) is 3.74. The minimum absolute atomic E-state index is 0.347. The van der Waals surface area contributed by atoms with Gasteiger partial charge in [0, 0.05) is 22.5 Å². The largest absolute Gasteiger partial charge is 0.489 e. The average Bonchev–Trinajstić information content (AvgIpc) is 2.57. The second-order valence-corrected chi connectivity index (χ2v) is 5.96. The summed E-state index contributed by atoms with van der Waals surface area (Å²) < 4.78 is 11.1. The second-order valence-electron chi connectivity index (χ2n) is 5.52. The van der Waals surface area contributed by atoms with Crippen molar-refractivity contribution in [3.05, 3.63) is 75.1 Å². The van der Waals surface area contributed by atoms with Gasteiger partial charge in [0.1, 0.15) is 17.9 Å². The Hall–Kier alpha value is -2.30. The van der Waals surface area contributed by atoms with E-state index in [0.29, 0.717) is 23.0 Å². The summed E-state index contributed by atoms with van der Waals surface area (Å²) >= 11 is 5.97. The number of fused-ring (bicyclic) bond motifs is 1. The molecule has 0 unspecified atom stereocenters. The summed E-state index contributed by atoms with van der Waals surface area (Å²) in [4.78, 5) is 11.8. The third kappa shape index (κ3) is 3.96. The van der Waals surface area contributed by atoms with E-state index in [0.717, 1.165) is 29.5 Å². The van der Waals surface area contributed by atoms with Gasteiger partial charge in [0.2, 0.25) is 0 Å². The first-order chi connectivity index (χ1) is 11.7. The zero-order chi connectivity index (χ0) is 16.9. The summed E-state index contributed by atoms with van der Waals surface area (Å²) in [7, 11) is 1.88. The van der Waals surface area contributed by atoms with Gasteiger partial charge in [0.05, 0.1) is 0 Å². The highest BCUT2D eigenvalue weighted by Gasteiger charge is 2.07. The van der Waals surface area contributed by atoms with Gasteiger partial charge in [0.15, 0.2) is 0 Å². The molecule has 0 fully saturated rings. The highest BCUT2D eigenvalue weighted by atomic mass is 35.5. The maximum atomic E-state index is 11.8. The van der Waals surface area contributed by atoms with Crippen molar-refractivity contribution in [3.8, 4) is 5.75 Å². The lowest BCUT2D eigenvalue weighted by Crippen LogP contribution is -2.12. The molecular formula is C19H18ClNO3. The lowest BCUT2D eigenvalue weighted by molar-refractivity contribution is 0.306. The lowest BCUT2D eigenvalue weighted by atomic mass is 10.1. The van der Waals surface area contributed by atoms with E-state index in [-0.39, 0.29) is 5.63 Å². The van der Waals surface area contributed by atoms with E-state index in [2.05, 4.69) is 5.32 Å². The van der Waals surface area contributed by atoms with E-state index >= 15 is 0 Å². The van der Waals surface area contributed by atoms with E-state index in [9.17, 15) is 4.79 Å². The quantitative estimate of drug-likeness (QED) is 0.692. The van der Waals surface area contributed by atoms with Crippen molar-refractivity contribution in [1.29, 1.82) is 0 Å². The van der Waals surface area contributed by atoms with Crippen molar-refractivity contribution in [2.24, 2.45) is 0 Å². The van der Waals surface area contributed by atoms with Gasteiger partial charge in [-0.15, -0.1) is 0 Å². The van der Waals surface area contributed by atoms with E-state index in [1.54, 1.807) is 12.1 Å². The van der Waals surface area contributed by atoms with E-state index < -0.39 is 0 Å². The average molecular weight is 344 g/mol. The number of ether oxygens (including phenoxy) is 1. The molecule has 2 aromatic carbocycles. The van der Waals surface area contributed by atoms with Gasteiger partial charge in [0.25, 0.3) is 0 Å². The van der Waals surface area contributed by atoms with E-state index in [4.69, 9.17) is 20.8 Å². The highest BCUT2D eigenvalue weighted by molar-refractivity contribution is 6.30. The summed E-state index contributed by atoms with van der Waals surface area (Å²) in [5.41, 5.74) is 2.14. The normalized spacial score (nSPS) is 10.9. The summed E-state index contributed by atoms with van der Waals surface area (Å²) in [5.74, 6) is 0.649. The van der Waals surface area contributed by atoms with E-state index in [1.165, 1.54) is 0 Å². The fourth-order valence-corrected chi connectivity index (χ4v) is 2.77. The summed E-state index contributed by atoms with van der Waals surface area (Å²) in [6.07, 6.45) is 0.765. The molecule has 0 aliphatic carbocycles. The Morgan fingerprint density at radius 1 is 1.17 bits per heavy atom. The first-order valence-corrected chi connectivity index (χ1v) is 8.12. The minimum Gasteiger partial charge on any atom is -0.489 e. The minimum atomic E-state index is -0.347. The molecule has 0 amide bonds. The van der Waals surface area contributed by atoms with Crippen LogP contribution in [0.5, 0.6) is 5.75 Å². The molecule has 24 heavy (non-hydrogen) atoms. The smallest absolute Gasteiger partial charge is 0.336 e. The number of nitrogens with one attached hydrogen (secondary N) is 1. The first-order valence-electron chi connectivity index (χ1n) is 7.74. The Kier molecular flexibility index (Phi) is 5.18. The molecule has 3 aromatic rings. The summed E-state index contributed by atoms with van der Waals surface area (Å²) in [5, 5.41) is 4.69. The lowest BCUT2D eigenvalue weighted by Gasteiger charge is -2.09. The number of rotatable bonds is 6. The zero-order valence-corrected chi connectivity index (χ0v) is 14.1. The van der Waals surface area contributed by atoms with Crippen LogP contribution >= 0.6 is 11.6 Å². The van der Waals surface area contributed by atoms with Crippen LogP contribution in [0.3, 0.4) is 0 Å². The van der Waals surface area contributed by atoms with Crippen LogP contribution in [0, 0.1) is 0 Å². The topological polar surface area (TPSA) is 51.5 Å². The van der Waals surface area contributed by atoms with Crippen LogP contribution in [-0.2, 0) is 13.0 Å². The Bertz CT molecular complexity index is 904. The molecule has 1 N–H and O–H groups in total. The summed E-state index contributed by atoms with van der Waals surface area (Å²) in [6.45, 7) is 1.20. The fourth-order valence-electron chi connectivity index (χ4n) is 2.56. The van der Waals surface area contributed by atoms with Crippen LogP contribution in [0.4, 0.5) is 0 Å². The Labute approximate surface area is 145 Å². The Balaban J connectivity index is 1.84. The van der Waals surface area contributed by atoms with Crippen LogP contribution in [-0.4, -0.2) is 13.6 Å². The highest BCUT2D eigenvalue weighted by Crippen LogP contribution is 2.24. The van der Waals surface area contributed by atoms with Crippen LogP contribution in [0.2, 0.25) is 5.02 Å². The number of benzene rings is 2. The number of halogens is 1. The predicted molar refractivity (Wildman–Crippen MR) is 95.9 cm³/mol. The summed E-state index contributed by atoms with van der Waals surface area (Å²) in [6, 6.07) is 14.6. The van der Waals surface area contributed by atoms with Crippen molar-refractivity contribution in [2.45, 2.75) is 13.0 Å². The van der Waals surface area contributed by atoms with Crippen molar-refractivity contribution in [1.82, 2.24) is 5.32 Å². The molecule has 0 spiro atoms. The van der Waals surface area contributed by atoms with Crippen molar-refractivity contribution < 1.29 is 9.15 Å². The first kappa shape index (κ1) is 16.6. The number of likely N-dealkylation sites (N-methyl/N-ethyl adjacent to an activating group) is 1. The van der Waals surface area contributed by atoms with Crippen LogP contribution < -0.4 is 15.7 Å². The molecule has 0 aliphatic rings. The molecule has 1 aromatic heterocycles. The molecular weight excluding hydrogens is 326 g/mol. The third-order valence-corrected chi connectivity index (χ3v) is 3.98. The van der Waals surface area contributed by atoms with Gasteiger partial charge in [-0.05, 0) is 55.4 Å². The van der Waals surface area contributed by atoms with E-state index in [1.807, 2.05) is 43.4 Å². The predicted octanol–water partition coefficient (Wildman–Crippen LogP) is 3.79. The monoisotopic (exact) mass is 343 g/mol. The standard InChI is InChI=1S/C19H18ClNO3/c1-21-8-7-14-10-19(22)24-18-11-16(5-6-17(14)18)23-12-13-3-2-4-15(20)9-13/h2-6,9-11,21H,7-8,12H2,1H3. The molecule has 0 saturated heterocycles. The maximum Gasteiger partial charge on any atom is 0.336 e. The van der Waals surface area contributed by atoms with Gasteiger partial charge in [-0.1, -0.05) is 23.7 Å². The SMILES string of the molecule is CNCCc1cc(=O)oc2cc(OCc3cccc(Cl)c3)ccc12. The molecule has 124 valence electrons. The zero-order valence-electron chi connectivity index (χ0n) is 13.3. The van der Waals surface area contributed by atoms with Gasteiger partial charge in [-0.25, -0.2) is 4.79 Å².